The second kappa shape index (κ2) is 7.68. The number of benzene rings is 1. The van der Waals surface area contributed by atoms with E-state index in [1.54, 1.807) is 0 Å². The summed E-state index contributed by atoms with van der Waals surface area (Å²) in [5.74, 6) is 0. The van der Waals surface area contributed by atoms with E-state index in [0.29, 0.717) is 0 Å². The van der Waals surface area contributed by atoms with Gasteiger partial charge in [0.2, 0.25) is 0 Å². The van der Waals surface area contributed by atoms with Crippen LogP contribution >= 0.6 is 11.8 Å². The van der Waals surface area contributed by atoms with E-state index >= 15 is 0 Å². The Hall–Kier alpha value is -0.690. The van der Waals surface area contributed by atoms with Crippen LogP contribution in [0.1, 0.15) is 55.4 Å². The topological polar surface area (TPSA) is 0 Å². The number of hydrogen-bond acceptors (Lipinski definition) is 1. The lowest BCUT2D eigenvalue weighted by Crippen LogP contribution is -2.27. The van der Waals surface area contributed by atoms with Crippen LogP contribution in [0.15, 0.2) is 23.1 Å². The largest absolute Gasteiger partial charge is 0.115 e. The van der Waals surface area contributed by atoms with Crippen molar-refractivity contribution >= 4 is 23.4 Å². The molecular formula is C17H28S. The van der Waals surface area contributed by atoms with E-state index in [1.165, 1.54) is 20.9 Å². The summed E-state index contributed by atoms with van der Waals surface area (Å²) in [4.78, 5) is 1.43. The molecule has 18 heavy (non-hydrogen) atoms. The Kier molecular flexibility index (Phi) is 7.39. The van der Waals surface area contributed by atoms with Crippen LogP contribution in [0.2, 0.25) is 0 Å². The van der Waals surface area contributed by atoms with E-state index in [-0.39, 0.29) is 4.75 Å². The number of rotatable bonds is 0. The monoisotopic (exact) mass is 264 g/mol. The summed E-state index contributed by atoms with van der Waals surface area (Å²) < 4.78 is 0.265. The summed E-state index contributed by atoms with van der Waals surface area (Å²) >= 11 is 1.97. The van der Waals surface area contributed by atoms with Gasteiger partial charge in [-0.1, -0.05) is 45.9 Å². The molecule has 0 saturated carbocycles. The predicted molar refractivity (Wildman–Crippen MR) is 87.5 cm³/mol. The third-order valence-electron chi connectivity index (χ3n) is 3.01. The SMILES string of the molecule is C/C=c1/cccc2c1=C(C)C(C)(C)S2.CC.CC. The van der Waals surface area contributed by atoms with Gasteiger partial charge in [0.05, 0.1) is 0 Å². The van der Waals surface area contributed by atoms with Gasteiger partial charge in [0, 0.05) is 9.64 Å². The van der Waals surface area contributed by atoms with E-state index in [9.17, 15) is 0 Å². The normalized spacial score (nSPS) is 16.2. The summed E-state index contributed by atoms with van der Waals surface area (Å²) in [6.45, 7) is 17.0. The van der Waals surface area contributed by atoms with Gasteiger partial charge in [-0.3, -0.25) is 0 Å². The molecule has 0 atom stereocenters. The quantitative estimate of drug-likeness (QED) is 0.660. The minimum absolute atomic E-state index is 0.265. The van der Waals surface area contributed by atoms with Crippen molar-refractivity contribution in [3.63, 3.8) is 0 Å². The fourth-order valence-electron chi connectivity index (χ4n) is 1.93. The highest BCUT2D eigenvalue weighted by molar-refractivity contribution is 8.01. The highest BCUT2D eigenvalue weighted by Gasteiger charge is 2.28. The molecule has 0 aromatic heterocycles. The molecule has 2 rings (SSSR count). The van der Waals surface area contributed by atoms with E-state index in [4.69, 9.17) is 0 Å². The Balaban J connectivity index is 0.000000659. The molecular weight excluding hydrogens is 236 g/mol. The summed E-state index contributed by atoms with van der Waals surface area (Å²) in [7, 11) is 0. The van der Waals surface area contributed by atoms with Crippen LogP contribution in [-0.4, -0.2) is 4.75 Å². The number of thioether (sulfide) groups is 1. The van der Waals surface area contributed by atoms with Gasteiger partial charge in [-0.15, -0.1) is 11.8 Å². The van der Waals surface area contributed by atoms with Gasteiger partial charge in [0.1, 0.15) is 0 Å². The van der Waals surface area contributed by atoms with E-state index in [0.717, 1.165) is 0 Å². The molecule has 0 aliphatic carbocycles. The molecule has 0 spiro atoms. The molecule has 1 aromatic carbocycles. The average molecular weight is 264 g/mol. The molecule has 0 bridgehead atoms. The van der Waals surface area contributed by atoms with Gasteiger partial charge in [0.15, 0.2) is 0 Å². The van der Waals surface area contributed by atoms with Crippen molar-refractivity contribution in [2.24, 2.45) is 0 Å². The standard InChI is InChI=1S/C13H16S.2C2H6/c1-5-10-7-6-8-11-12(10)9(2)13(3,4)14-11;2*1-2/h5-8H,1-4H3;2*1-2H3/b10-5-;;. The van der Waals surface area contributed by atoms with Crippen molar-refractivity contribution in [1.82, 2.24) is 0 Å². The zero-order valence-electron chi connectivity index (χ0n) is 13.2. The zero-order valence-corrected chi connectivity index (χ0v) is 14.0. The highest BCUT2D eigenvalue weighted by Crippen LogP contribution is 2.40. The van der Waals surface area contributed by atoms with Crippen molar-refractivity contribution < 1.29 is 0 Å². The Morgan fingerprint density at radius 3 is 2.11 bits per heavy atom. The number of hydrogen-bond donors (Lipinski definition) is 0. The minimum Gasteiger partial charge on any atom is -0.115 e. The second-order valence-electron chi connectivity index (χ2n) is 4.25. The van der Waals surface area contributed by atoms with Gasteiger partial charge in [-0.05, 0) is 49.8 Å². The molecule has 1 heteroatoms. The van der Waals surface area contributed by atoms with E-state index in [1.807, 2.05) is 39.5 Å². The molecule has 0 fully saturated rings. The van der Waals surface area contributed by atoms with Crippen molar-refractivity contribution in [3.05, 3.63) is 28.6 Å². The first-order valence-electron chi connectivity index (χ1n) is 7.02. The van der Waals surface area contributed by atoms with Gasteiger partial charge < -0.3 is 0 Å². The van der Waals surface area contributed by atoms with Gasteiger partial charge in [0.25, 0.3) is 0 Å². The fourth-order valence-corrected chi connectivity index (χ4v) is 3.25. The Bertz CT molecular complexity index is 481. The van der Waals surface area contributed by atoms with Crippen LogP contribution < -0.4 is 10.4 Å². The second-order valence-corrected chi connectivity index (χ2v) is 5.91. The maximum Gasteiger partial charge on any atom is 0.0365 e. The molecule has 102 valence electrons. The average Bonchev–Trinajstić information content (AvgIpc) is 2.64. The van der Waals surface area contributed by atoms with Crippen molar-refractivity contribution in [2.75, 3.05) is 0 Å². The molecule has 1 heterocycles. The van der Waals surface area contributed by atoms with Crippen molar-refractivity contribution in [3.8, 4) is 0 Å². The van der Waals surface area contributed by atoms with Gasteiger partial charge in [-0.2, -0.15) is 0 Å². The Labute approximate surface area is 117 Å². The van der Waals surface area contributed by atoms with Crippen molar-refractivity contribution in [1.29, 1.82) is 0 Å². The first kappa shape index (κ1) is 17.3. The first-order valence-corrected chi connectivity index (χ1v) is 7.83. The molecule has 0 unspecified atom stereocenters. The maximum atomic E-state index is 2.30. The van der Waals surface area contributed by atoms with E-state index in [2.05, 4.69) is 52.0 Å². The third-order valence-corrected chi connectivity index (χ3v) is 4.39. The van der Waals surface area contributed by atoms with Crippen LogP contribution in [-0.2, 0) is 0 Å². The maximum absolute atomic E-state index is 2.30. The molecule has 0 radical (unpaired) electrons. The molecule has 0 nitrogen and oxygen atoms in total. The fraction of sp³-hybridized carbons (Fsp3) is 0.529. The lowest BCUT2D eigenvalue weighted by atomic mass is 10.0. The smallest absolute Gasteiger partial charge is 0.0365 e. The predicted octanol–water partition coefficient (Wildman–Crippen LogP) is 4.59. The van der Waals surface area contributed by atoms with Crippen LogP contribution in [0, 0.1) is 0 Å². The molecule has 0 N–H and O–H groups in total. The highest BCUT2D eigenvalue weighted by atomic mass is 32.2. The van der Waals surface area contributed by atoms with Crippen LogP contribution in [0.4, 0.5) is 0 Å². The molecule has 0 amide bonds. The van der Waals surface area contributed by atoms with Crippen LogP contribution in [0.3, 0.4) is 0 Å². The molecule has 0 saturated heterocycles. The summed E-state index contributed by atoms with van der Waals surface area (Å²) in [6.07, 6.45) is 2.20. The number of fused-ring (bicyclic) bond motifs is 1. The Morgan fingerprint density at radius 2 is 1.61 bits per heavy atom. The lowest BCUT2D eigenvalue weighted by Gasteiger charge is -2.18. The lowest BCUT2D eigenvalue weighted by molar-refractivity contribution is 0.918. The van der Waals surface area contributed by atoms with Crippen LogP contribution in [0.5, 0.6) is 0 Å². The summed E-state index contributed by atoms with van der Waals surface area (Å²) in [6, 6.07) is 6.57. The van der Waals surface area contributed by atoms with Gasteiger partial charge in [-0.25, -0.2) is 0 Å². The minimum atomic E-state index is 0.265. The third kappa shape index (κ3) is 3.41. The Morgan fingerprint density at radius 1 is 1.06 bits per heavy atom. The molecule has 1 aliphatic heterocycles. The summed E-state index contributed by atoms with van der Waals surface area (Å²) in [5, 5.41) is 2.84. The summed E-state index contributed by atoms with van der Waals surface area (Å²) in [5.41, 5.74) is 1.51. The first-order chi connectivity index (χ1) is 8.56. The van der Waals surface area contributed by atoms with Gasteiger partial charge >= 0.3 is 0 Å². The van der Waals surface area contributed by atoms with Crippen molar-refractivity contribution in [2.45, 2.75) is 65.0 Å². The zero-order chi connectivity index (χ0) is 14.3. The van der Waals surface area contributed by atoms with Crippen LogP contribution in [0.25, 0.3) is 11.6 Å². The van der Waals surface area contributed by atoms with E-state index < -0.39 is 0 Å². The molecule has 1 aliphatic rings. The molecule has 1 aromatic rings.